The van der Waals surface area contributed by atoms with E-state index in [1.165, 1.54) is 25.0 Å². The molecule has 5 heteroatoms. The van der Waals surface area contributed by atoms with Gasteiger partial charge in [0.15, 0.2) is 0 Å². The first-order valence-corrected chi connectivity index (χ1v) is 9.06. The third-order valence-electron chi connectivity index (χ3n) is 5.15. The minimum atomic E-state index is -0.208. The molecule has 1 aliphatic carbocycles. The summed E-state index contributed by atoms with van der Waals surface area (Å²) in [5.74, 6) is 1.14. The van der Waals surface area contributed by atoms with E-state index in [1.54, 1.807) is 23.5 Å². The Labute approximate surface area is 140 Å². The van der Waals surface area contributed by atoms with Gasteiger partial charge in [0.05, 0.1) is 18.3 Å². The first kappa shape index (κ1) is 15.2. The number of likely N-dealkylation sites (tertiary alicyclic amines) is 1. The summed E-state index contributed by atoms with van der Waals surface area (Å²) < 4.78 is 18.7. The number of piperidine rings is 1. The molecular weight excluding hydrogens is 311 g/mol. The number of fused-ring (bicyclic) bond motifs is 2. The topological polar surface area (TPSA) is 25.4 Å². The fourth-order valence-corrected chi connectivity index (χ4v) is 4.96. The highest BCUT2D eigenvalue weighted by atomic mass is 32.1. The van der Waals surface area contributed by atoms with E-state index in [-0.39, 0.29) is 5.82 Å². The van der Waals surface area contributed by atoms with E-state index in [4.69, 9.17) is 9.72 Å². The zero-order chi connectivity index (χ0) is 15.8. The van der Waals surface area contributed by atoms with Crippen molar-refractivity contribution in [3.63, 3.8) is 0 Å². The highest BCUT2D eigenvalue weighted by Gasteiger charge is 2.42. The Morgan fingerprint density at radius 2 is 1.91 bits per heavy atom. The monoisotopic (exact) mass is 332 g/mol. The molecule has 2 fully saturated rings. The number of halogens is 1. The summed E-state index contributed by atoms with van der Waals surface area (Å²) >= 11 is 1.69. The van der Waals surface area contributed by atoms with Crippen molar-refractivity contribution in [2.45, 2.75) is 25.5 Å². The number of ether oxygens (including phenoxy) is 1. The molecule has 2 heterocycles. The summed E-state index contributed by atoms with van der Waals surface area (Å²) in [4.78, 5) is 7.26. The highest BCUT2D eigenvalue weighted by Crippen LogP contribution is 2.39. The molecule has 3 atom stereocenters. The molecule has 0 spiro atoms. The van der Waals surface area contributed by atoms with Crippen LogP contribution in [0.2, 0.25) is 0 Å². The lowest BCUT2D eigenvalue weighted by molar-refractivity contribution is -0.0180. The van der Waals surface area contributed by atoms with Gasteiger partial charge in [0.1, 0.15) is 10.8 Å². The van der Waals surface area contributed by atoms with Crippen LogP contribution in [0.3, 0.4) is 0 Å². The van der Waals surface area contributed by atoms with Gasteiger partial charge in [-0.25, -0.2) is 9.37 Å². The molecule has 122 valence electrons. The molecule has 2 bridgehead atoms. The number of benzene rings is 1. The number of aromatic nitrogens is 1. The SMILES string of the molecule is COC1[C@@H]2CC[C@H]1CN(Cc1nc(-c3ccc(F)cc3)cs1)C2. The molecule has 1 aromatic heterocycles. The standard InChI is InChI=1S/C18H21FN2OS/c1-22-18-13-2-3-14(18)9-21(8-13)10-17-20-16(11-23-17)12-4-6-15(19)7-5-12/h4-7,11,13-14,18H,2-3,8-10H2,1H3/t13-,14+,18?. The predicted molar refractivity (Wildman–Crippen MR) is 89.8 cm³/mol. The van der Waals surface area contributed by atoms with E-state index in [0.717, 1.165) is 35.9 Å². The largest absolute Gasteiger partial charge is 0.381 e. The summed E-state index contributed by atoms with van der Waals surface area (Å²) in [6, 6.07) is 6.56. The molecule has 23 heavy (non-hydrogen) atoms. The van der Waals surface area contributed by atoms with Crippen LogP contribution in [0.4, 0.5) is 4.39 Å². The van der Waals surface area contributed by atoms with Gasteiger partial charge in [-0.15, -0.1) is 11.3 Å². The molecule has 0 amide bonds. The van der Waals surface area contributed by atoms with Gasteiger partial charge >= 0.3 is 0 Å². The molecule has 4 rings (SSSR count). The van der Waals surface area contributed by atoms with Crippen molar-refractivity contribution in [2.24, 2.45) is 11.8 Å². The van der Waals surface area contributed by atoms with Crippen molar-refractivity contribution >= 4 is 11.3 Å². The lowest BCUT2D eigenvalue weighted by Gasteiger charge is -2.36. The van der Waals surface area contributed by atoms with E-state index in [9.17, 15) is 4.39 Å². The number of hydrogen-bond donors (Lipinski definition) is 0. The third-order valence-corrected chi connectivity index (χ3v) is 5.98. The number of nitrogens with zero attached hydrogens (tertiary/aromatic N) is 2. The molecule has 1 aromatic carbocycles. The maximum atomic E-state index is 13.0. The van der Waals surface area contributed by atoms with Gasteiger partial charge in [-0.2, -0.15) is 0 Å². The summed E-state index contributed by atoms with van der Waals surface area (Å²) in [7, 11) is 1.85. The normalized spacial score (nSPS) is 27.5. The van der Waals surface area contributed by atoms with Crippen LogP contribution in [0.1, 0.15) is 17.8 Å². The van der Waals surface area contributed by atoms with E-state index in [2.05, 4.69) is 10.3 Å². The van der Waals surface area contributed by atoms with Gasteiger partial charge in [0, 0.05) is 31.1 Å². The maximum Gasteiger partial charge on any atom is 0.123 e. The fourth-order valence-electron chi connectivity index (χ4n) is 4.11. The van der Waals surface area contributed by atoms with Crippen molar-refractivity contribution < 1.29 is 9.13 Å². The Morgan fingerprint density at radius 1 is 1.22 bits per heavy atom. The number of hydrogen-bond acceptors (Lipinski definition) is 4. The van der Waals surface area contributed by atoms with Crippen LogP contribution in [0, 0.1) is 17.7 Å². The molecule has 1 saturated heterocycles. The van der Waals surface area contributed by atoms with Crippen molar-refractivity contribution in [3.8, 4) is 11.3 Å². The molecule has 0 radical (unpaired) electrons. The molecule has 1 aliphatic heterocycles. The van der Waals surface area contributed by atoms with E-state index in [1.807, 2.05) is 7.11 Å². The van der Waals surface area contributed by atoms with E-state index < -0.39 is 0 Å². The minimum absolute atomic E-state index is 0.208. The first-order chi connectivity index (χ1) is 11.2. The second kappa shape index (κ2) is 6.30. The summed E-state index contributed by atoms with van der Waals surface area (Å²) in [5, 5.41) is 3.21. The second-order valence-electron chi connectivity index (χ2n) is 6.63. The smallest absolute Gasteiger partial charge is 0.123 e. The van der Waals surface area contributed by atoms with Crippen molar-refractivity contribution in [3.05, 3.63) is 40.5 Å². The van der Waals surface area contributed by atoms with Gasteiger partial charge < -0.3 is 4.74 Å². The average Bonchev–Trinajstić information content (AvgIpc) is 3.10. The van der Waals surface area contributed by atoms with Gasteiger partial charge in [0.2, 0.25) is 0 Å². The Kier molecular flexibility index (Phi) is 4.18. The number of methoxy groups -OCH3 is 1. The Bertz CT molecular complexity index is 658. The van der Waals surface area contributed by atoms with Gasteiger partial charge in [-0.1, -0.05) is 0 Å². The van der Waals surface area contributed by atoms with Crippen molar-refractivity contribution in [2.75, 3.05) is 20.2 Å². The molecule has 2 aromatic rings. The van der Waals surface area contributed by atoms with Crippen LogP contribution in [0.5, 0.6) is 0 Å². The minimum Gasteiger partial charge on any atom is -0.381 e. The Morgan fingerprint density at radius 3 is 2.57 bits per heavy atom. The number of thiazole rings is 1. The Balaban J connectivity index is 1.43. The van der Waals surface area contributed by atoms with Gasteiger partial charge in [0.25, 0.3) is 0 Å². The molecule has 3 nitrogen and oxygen atoms in total. The molecule has 2 aliphatic rings. The first-order valence-electron chi connectivity index (χ1n) is 8.18. The van der Waals surface area contributed by atoms with Crippen LogP contribution >= 0.6 is 11.3 Å². The van der Waals surface area contributed by atoms with Crippen molar-refractivity contribution in [1.29, 1.82) is 0 Å². The van der Waals surface area contributed by atoms with Crippen LogP contribution in [0.15, 0.2) is 29.6 Å². The predicted octanol–water partition coefficient (Wildman–Crippen LogP) is 3.81. The third kappa shape index (κ3) is 3.05. The maximum absolute atomic E-state index is 13.0. The van der Waals surface area contributed by atoms with Crippen molar-refractivity contribution in [1.82, 2.24) is 9.88 Å². The summed E-state index contributed by atoms with van der Waals surface area (Å²) in [6.45, 7) is 3.14. The van der Waals surface area contributed by atoms with Crippen LogP contribution in [0.25, 0.3) is 11.3 Å². The van der Waals surface area contributed by atoms with Gasteiger partial charge in [-0.05, 0) is 48.9 Å². The van der Waals surface area contributed by atoms with Crippen LogP contribution < -0.4 is 0 Å². The highest BCUT2D eigenvalue weighted by molar-refractivity contribution is 7.09. The average molecular weight is 332 g/mol. The van der Waals surface area contributed by atoms with Gasteiger partial charge in [-0.3, -0.25) is 4.90 Å². The zero-order valence-electron chi connectivity index (χ0n) is 13.2. The molecule has 1 saturated carbocycles. The lowest BCUT2D eigenvalue weighted by Crippen LogP contribution is -2.44. The molecule has 1 unspecified atom stereocenters. The molecular formula is C18H21FN2OS. The van der Waals surface area contributed by atoms with E-state index in [0.29, 0.717) is 17.9 Å². The fraction of sp³-hybridized carbons (Fsp3) is 0.500. The lowest BCUT2D eigenvalue weighted by atomic mass is 9.95. The second-order valence-corrected chi connectivity index (χ2v) is 7.57. The molecule has 0 N–H and O–H groups in total. The summed E-state index contributed by atoms with van der Waals surface area (Å²) in [5.41, 5.74) is 1.92. The number of rotatable bonds is 4. The summed E-state index contributed by atoms with van der Waals surface area (Å²) in [6.07, 6.45) is 3.04. The van der Waals surface area contributed by atoms with Crippen LogP contribution in [-0.4, -0.2) is 36.2 Å². The quantitative estimate of drug-likeness (QED) is 0.851. The van der Waals surface area contributed by atoms with Crippen LogP contribution in [-0.2, 0) is 11.3 Å². The van der Waals surface area contributed by atoms with E-state index >= 15 is 0 Å². The Hall–Kier alpha value is -1.30. The zero-order valence-corrected chi connectivity index (χ0v) is 14.1.